The van der Waals surface area contributed by atoms with Gasteiger partial charge in [0.1, 0.15) is 0 Å². The number of nitrogens with two attached hydrogens (primary N) is 1. The van der Waals surface area contributed by atoms with Crippen molar-refractivity contribution in [1.29, 1.82) is 0 Å². The quantitative estimate of drug-likeness (QED) is 0.765. The topological polar surface area (TPSA) is 58.8 Å². The van der Waals surface area contributed by atoms with E-state index in [9.17, 15) is 4.79 Å². The van der Waals surface area contributed by atoms with Gasteiger partial charge >= 0.3 is 0 Å². The lowest BCUT2D eigenvalue weighted by Crippen LogP contribution is -2.57. The Morgan fingerprint density at radius 3 is 2.72 bits per heavy atom. The van der Waals surface area contributed by atoms with E-state index in [1.54, 1.807) is 0 Å². The van der Waals surface area contributed by atoms with E-state index in [1.165, 1.54) is 6.42 Å². The van der Waals surface area contributed by atoms with Crippen LogP contribution in [0.2, 0.25) is 0 Å². The van der Waals surface area contributed by atoms with Crippen LogP contribution in [0.4, 0.5) is 0 Å². The lowest BCUT2D eigenvalue weighted by Gasteiger charge is -2.36. The van der Waals surface area contributed by atoms with Gasteiger partial charge in [0.25, 0.3) is 0 Å². The zero-order valence-electron chi connectivity index (χ0n) is 11.5. The molecule has 0 aliphatic carbocycles. The summed E-state index contributed by atoms with van der Waals surface area (Å²) in [7, 11) is 4.01. The van der Waals surface area contributed by atoms with Gasteiger partial charge in [0.15, 0.2) is 0 Å². The summed E-state index contributed by atoms with van der Waals surface area (Å²) in [6.07, 6.45) is 2.45. The van der Waals surface area contributed by atoms with Crippen LogP contribution >= 0.6 is 0 Å². The molecule has 104 valence electrons. The molecule has 2 rings (SSSR count). The molecule has 5 nitrogen and oxygen atoms in total. The van der Waals surface area contributed by atoms with E-state index < -0.39 is 5.54 Å². The highest BCUT2D eigenvalue weighted by Gasteiger charge is 2.38. The van der Waals surface area contributed by atoms with E-state index in [0.717, 1.165) is 19.6 Å². The lowest BCUT2D eigenvalue weighted by atomic mass is 9.89. The van der Waals surface area contributed by atoms with Crippen LogP contribution in [-0.4, -0.2) is 68.2 Å². The number of hydrogen-bond acceptors (Lipinski definition) is 4. The molecule has 2 fully saturated rings. The highest BCUT2D eigenvalue weighted by molar-refractivity contribution is 5.86. The number of hydrogen-bond donors (Lipinski definition) is 1. The largest absolute Gasteiger partial charge is 0.381 e. The lowest BCUT2D eigenvalue weighted by molar-refractivity contribution is -0.139. The van der Waals surface area contributed by atoms with Gasteiger partial charge in [-0.1, -0.05) is 0 Å². The summed E-state index contributed by atoms with van der Waals surface area (Å²) in [4.78, 5) is 16.6. The molecule has 2 saturated heterocycles. The van der Waals surface area contributed by atoms with Crippen molar-refractivity contribution < 1.29 is 9.53 Å². The maximum absolute atomic E-state index is 12.4. The van der Waals surface area contributed by atoms with Gasteiger partial charge in [-0.15, -0.1) is 0 Å². The van der Waals surface area contributed by atoms with Gasteiger partial charge in [-0.3, -0.25) is 4.79 Å². The third kappa shape index (κ3) is 3.02. The van der Waals surface area contributed by atoms with E-state index in [4.69, 9.17) is 10.5 Å². The number of nitrogens with zero attached hydrogens (tertiary/aromatic N) is 2. The molecular formula is C13H25N3O2. The van der Waals surface area contributed by atoms with Gasteiger partial charge in [0.2, 0.25) is 5.91 Å². The molecule has 2 aliphatic heterocycles. The zero-order chi connectivity index (χ0) is 13.2. The van der Waals surface area contributed by atoms with Crippen LogP contribution in [0.25, 0.3) is 0 Å². The average molecular weight is 255 g/mol. The Bertz CT molecular complexity index is 303. The Balaban J connectivity index is 1.87. The number of rotatable bonds is 3. The van der Waals surface area contributed by atoms with E-state index in [-0.39, 0.29) is 5.91 Å². The fraction of sp³-hybridized carbons (Fsp3) is 0.923. The maximum Gasteiger partial charge on any atom is 0.242 e. The Morgan fingerprint density at radius 1 is 1.50 bits per heavy atom. The molecule has 0 aromatic heterocycles. The van der Waals surface area contributed by atoms with E-state index in [1.807, 2.05) is 11.9 Å². The highest BCUT2D eigenvalue weighted by atomic mass is 16.5. The first-order valence-electron chi connectivity index (χ1n) is 6.82. The molecule has 0 spiro atoms. The summed E-state index contributed by atoms with van der Waals surface area (Å²) in [6, 6.07) is 0. The number of amides is 1. The highest BCUT2D eigenvalue weighted by Crippen LogP contribution is 2.22. The molecule has 0 aromatic carbocycles. The van der Waals surface area contributed by atoms with Crippen LogP contribution in [0.15, 0.2) is 0 Å². The summed E-state index contributed by atoms with van der Waals surface area (Å²) in [5, 5.41) is 0. The van der Waals surface area contributed by atoms with Crippen molar-refractivity contribution in [3.05, 3.63) is 0 Å². The van der Waals surface area contributed by atoms with E-state index in [0.29, 0.717) is 32.0 Å². The van der Waals surface area contributed by atoms with Gasteiger partial charge in [-0.2, -0.15) is 0 Å². The number of likely N-dealkylation sites (tertiary alicyclic amines) is 1. The van der Waals surface area contributed by atoms with Gasteiger partial charge in [-0.25, -0.2) is 0 Å². The first-order chi connectivity index (χ1) is 8.51. The monoisotopic (exact) mass is 255 g/mol. The Kier molecular flexibility index (Phi) is 4.25. The molecule has 0 aromatic rings. The Labute approximate surface area is 109 Å². The Hall–Kier alpha value is -0.650. The number of likely N-dealkylation sites (N-methyl/N-ethyl adjacent to an activating group) is 1. The van der Waals surface area contributed by atoms with E-state index >= 15 is 0 Å². The first kappa shape index (κ1) is 13.8. The maximum atomic E-state index is 12.4. The third-order valence-corrected chi connectivity index (χ3v) is 4.18. The van der Waals surface area contributed by atoms with Gasteiger partial charge in [0.05, 0.1) is 5.54 Å². The second-order valence-electron chi connectivity index (χ2n) is 5.87. The van der Waals surface area contributed by atoms with Crippen molar-refractivity contribution >= 4 is 5.91 Å². The van der Waals surface area contributed by atoms with Crippen molar-refractivity contribution in [2.45, 2.75) is 24.8 Å². The van der Waals surface area contributed by atoms with Crippen molar-refractivity contribution in [3.63, 3.8) is 0 Å². The summed E-state index contributed by atoms with van der Waals surface area (Å²) in [5.74, 6) is 0.674. The summed E-state index contributed by atoms with van der Waals surface area (Å²) < 4.78 is 5.28. The van der Waals surface area contributed by atoms with Crippen LogP contribution in [0.3, 0.4) is 0 Å². The van der Waals surface area contributed by atoms with E-state index in [2.05, 4.69) is 11.9 Å². The molecule has 18 heavy (non-hydrogen) atoms. The molecule has 2 aliphatic rings. The smallest absolute Gasteiger partial charge is 0.242 e. The predicted molar refractivity (Wildman–Crippen MR) is 70.2 cm³/mol. The van der Waals surface area contributed by atoms with Crippen LogP contribution in [-0.2, 0) is 9.53 Å². The molecule has 0 saturated carbocycles. The minimum Gasteiger partial charge on any atom is -0.381 e. The number of carbonyl (C=O) groups excluding carboxylic acids is 1. The predicted octanol–water partition coefficient (Wildman–Crippen LogP) is -0.0956. The summed E-state index contributed by atoms with van der Waals surface area (Å²) in [5.41, 5.74) is 5.53. The molecule has 1 unspecified atom stereocenters. The standard InChI is InChI=1S/C13H25N3O2/c1-15-6-3-11(9-15)10-16(2)12(17)13(14)4-7-18-8-5-13/h11H,3-10,14H2,1-2H3. The molecule has 2 heterocycles. The second kappa shape index (κ2) is 5.55. The van der Waals surface area contributed by atoms with Crippen molar-refractivity contribution in [2.24, 2.45) is 11.7 Å². The summed E-state index contributed by atoms with van der Waals surface area (Å²) >= 11 is 0. The molecule has 1 atom stereocenters. The normalized spacial score (nSPS) is 28.3. The molecule has 1 amide bonds. The minimum atomic E-state index is -0.697. The zero-order valence-corrected chi connectivity index (χ0v) is 11.5. The van der Waals surface area contributed by atoms with Crippen LogP contribution in [0, 0.1) is 5.92 Å². The van der Waals surface area contributed by atoms with Gasteiger partial charge in [-0.05, 0) is 38.8 Å². The van der Waals surface area contributed by atoms with Crippen molar-refractivity contribution in [1.82, 2.24) is 9.80 Å². The fourth-order valence-electron chi connectivity index (χ4n) is 2.98. The van der Waals surface area contributed by atoms with Crippen molar-refractivity contribution in [3.8, 4) is 0 Å². The third-order valence-electron chi connectivity index (χ3n) is 4.18. The Morgan fingerprint density at radius 2 is 2.17 bits per heavy atom. The van der Waals surface area contributed by atoms with Gasteiger partial charge < -0.3 is 20.3 Å². The molecule has 0 bridgehead atoms. The molecule has 0 radical (unpaired) electrons. The number of ether oxygens (including phenoxy) is 1. The van der Waals surface area contributed by atoms with Crippen LogP contribution in [0.1, 0.15) is 19.3 Å². The minimum absolute atomic E-state index is 0.0837. The molecule has 2 N–H and O–H groups in total. The fourth-order valence-corrected chi connectivity index (χ4v) is 2.98. The number of carbonyl (C=O) groups is 1. The average Bonchev–Trinajstić information content (AvgIpc) is 2.74. The van der Waals surface area contributed by atoms with Crippen LogP contribution in [0.5, 0.6) is 0 Å². The van der Waals surface area contributed by atoms with Gasteiger partial charge in [0, 0.05) is 33.4 Å². The second-order valence-corrected chi connectivity index (χ2v) is 5.87. The van der Waals surface area contributed by atoms with Crippen LogP contribution < -0.4 is 5.73 Å². The SMILES string of the molecule is CN1CCC(CN(C)C(=O)C2(N)CCOCC2)C1. The summed E-state index contributed by atoms with van der Waals surface area (Å²) in [6.45, 7) is 4.24. The van der Waals surface area contributed by atoms with Crippen molar-refractivity contribution in [2.75, 3.05) is 46.9 Å². The first-order valence-corrected chi connectivity index (χ1v) is 6.82. The molecule has 5 heteroatoms. The molecular weight excluding hydrogens is 230 g/mol.